The van der Waals surface area contributed by atoms with Crippen LogP contribution < -0.4 is 5.73 Å². The highest BCUT2D eigenvalue weighted by molar-refractivity contribution is 5.79. The van der Waals surface area contributed by atoms with E-state index in [1.807, 2.05) is 16.7 Å². The van der Waals surface area contributed by atoms with E-state index < -0.39 is 0 Å². The third-order valence-corrected chi connectivity index (χ3v) is 4.67. The number of rotatable bonds is 4. The summed E-state index contributed by atoms with van der Waals surface area (Å²) in [6, 6.07) is -0.0940. The topological polar surface area (TPSA) is 66.6 Å². The smallest absolute Gasteiger partial charge is 0.224 e. The Morgan fingerprint density at radius 2 is 1.52 bits per heavy atom. The normalized spacial score (nSPS) is 22.2. The van der Waals surface area contributed by atoms with Crippen molar-refractivity contribution in [3.8, 4) is 0 Å². The molecule has 1 saturated heterocycles. The van der Waals surface area contributed by atoms with Crippen LogP contribution in [0.25, 0.3) is 0 Å². The fraction of sp³-hybridized carbons (Fsp3) is 0.875. The van der Waals surface area contributed by atoms with Gasteiger partial charge in [0.2, 0.25) is 11.8 Å². The lowest BCUT2D eigenvalue weighted by molar-refractivity contribution is -0.140. The van der Waals surface area contributed by atoms with Gasteiger partial charge in [0.1, 0.15) is 0 Å². The maximum absolute atomic E-state index is 12.3. The number of hydrogen-bond acceptors (Lipinski definition) is 3. The lowest BCUT2D eigenvalue weighted by Gasteiger charge is -2.36. The molecule has 0 bridgehead atoms. The number of nitrogens with zero attached hydrogens (tertiary/aromatic N) is 2. The average molecular weight is 295 g/mol. The van der Waals surface area contributed by atoms with E-state index in [2.05, 4.69) is 0 Å². The first-order valence-electron chi connectivity index (χ1n) is 8.37. The third-order valence-electron chi connectivity index (χ3n) is 4.67. The summed E-state index contributed by atoms with van der Waals surface area (Å²) in [6.07, 6.45) is 7.39. The first-order valence-corrected chi connectivity index (χ1v) is 8.37. The van der Waals surface area contributed by atoms with Crippen molar-refractivity contribution < 1.29 is 9.59 Å². The molecule has 1 unspecified atom stereocenters. The largest absolute Gasteiger partial charge is 0.339 e. The Bertz CT molecular complexity index is 357. The standard InChI is InChI=1S/C16H29N3O2/c1-13(17)11-15(20)18-7-9-19(10-8-18)16(21)12-14-5-3-2-4-6-14/h13-14H,2-12,17H2,1H3. The van der Waals surface area contributed by atoms with Gasteiger partial charge in [-0.2, -0.15) is 0 Å². The van der Waals surface area contributed by atoms with Crippen LogP contribution in [-0.2, 0) is 9.59 Å². The first kappa shape index (κ1) is 16.3. The summed E-state index contributed by atoms with van der Waals surface area (Å²) in [5.74, 6) is 0.981. The summed E-state index contributed by atoms with van der Waals surface area (Å²) in [6.45, 7) is 4.51. The maximum atomic E-state index is 12.3. The Labute approximate surface area is 127 Å². The molecule has 120 valence electrons. The molecule has 2 N–H and O–H groups in total. The Morgan fingerprint density at radius 3 is 2.05 bits per heavy atom. The fourth-order valence-electron chi connectivity index (χ4n) is 3.38. The summed E-state index contributed by atoms with van der Waals surface area (Å²) < 4.78 is 0. The molecule has 1 aliphatic heterocycles. The lowest BCUT2D eigenvalue weighted by Crippen LogP contribution is -2.51. The van der Waals surface area contributed by atoms with Gasteiger partial charge in [0.05, 0.1) is 0 Å². The van der Waals surface area contributed by atoms with E-state index in [4.69, 9.17) is 5.73 Å². The van der Waals surface area contributed by atoms with Crippen molar-refractivity contribution in [3.05, 3.63) is 0 Å². The highest BCUT2D eigenvalue weighted by Crippen LogP contribution is 2.27. The van der Waals surface area contributed by atoms with Crippen LogP contribution in [0.1, 0.15) is 51.9 Å². The van der Waals surface area contributed by atoms with Gasteiger partial charge in [-0.3, -0.25) is 9.59 Å². The SMILES string of the molecule is CC(N)CC(=O)N1CCN(C(=O)CC2CCCCC2)CC1. The van der Waals surface area contributed by atoms with E-state index in [-0.39, 0.29) is 17.9 Å². The van der Waals surface area contributed by atoms with Gasteiger partial charge in [0.25, 0.3) is 0 Å². The number of carbonyl (C=O) groups is 2. The van der Waals surface area contributed by atoms with Gasteiger partial charge < -0.3 is 15.5 Å². The number of nitrogens with two attached hydrogens (primary N) is 1. The highest BCUT2D eigenvalue weighted by atomic mass is 16.2. The van der Waals surface area contributed by atoms with Crippen molar-refractivity contribution in [2.24, 2.45) is 11.7 Å². The van der Waals surface area contributed by atoms with Crippen LogP contribution in [0.5, 0.6) is 0 Å². The molecule has 0 aromatic carbocycles. The summed E-state index contributed by atoms with van der Waals surface area (Å²) in [4.78, 5) is 28.0. The Hall–Kier alpha value is -1.10. The minimum absolute atomic E-state index is 0.0940. The second kappa shape index (κ2) is 7.78. The molecule has 2 fully saturated rings. The molecule has 1 atom stereocenters. The van der Waals surface area contributed by atoms with E-state index in [9.17, 15) is 9.59 Å². The number of amides is 2. The zero-order valence-corrected chi connectivity index (χ0v) is 13.2. The minimum atomic E-state index is -0.0940. The molecule has 1 aliphatic carbocycles. The molecule has 2 rings (SSSR count). The van der Waals surface area contributed by atoms with E-state index in [0.717, 1.165) is 0 Å². The highest BCUT2D eigenvalue weighted by Gasteiger charge is 2.26. The van der Waals surface area contributed by atoms with E-state index >= 15 is 0 Å². The quantitative estimate of drug-likeness (QED) is 0.851. The molecule has 0 aromatic heterocycles. The van der Waals surface area contributed by atoms with Gasteiger partial charge in [-0.1, -0.05) is 19.3 Å². The molecule has 5 nitrogen and oxygen atoms in total. The monoisotopic (exact) mass is 295 g/mol. The zero-order chi connectivity index (χ0) is 15.2. The molecular formula is C16H29N3O2. The molecular weight excluding hydrogens is 266 g/mol. The van der Waals surface area contributed by atoms with Crippen molar-refractivity contribution in [2.75, 3.05) is 26.2 Å². The zero-order valence-electron chi connectivity index (χ0n) is 13.2. The molecule has 0 radical (unpaired) electrons. The molecule has 2 aliphatic rings. The summed E-state index contributed by atoms with van der Waals surface area (Å²) >= 11 is 0. The van der Waals surface area contributed by atoms with Crippen LogP contribution in [0, 0.1) is 5.92 Å². The molecule has 0 spiro atoms. The molecule has 1 saturated carbocycles. The van der Waals surface area contributed by atoms with Crippen molar-refractivity contribution in [2.45, 2.75) is 57.9 Å². The summed E-state index contributed by atoms with van der Waals surface area (Å²) in [5, 5.41) is 0. The fourth-order valence-corrected chi connectivity index (χ4v) is 3.38. The van der Waals surface area contributed by atoms with Crippen LogP contribution in [0.15, 0.2) is 0 Å². The maximum Gasteiger partial charge on any atom is 0.224 e. The van der Waals surface area contributed by atoms with Gasteiger partial charge in [-0.15, -0.1) is 0 Å². The van der Waals surface area contributed by atoms with Crippen molar-refractivity contribution in [3.63, 3.8) is 0 Å². The molecule has 1 heterocycles. The third kappa shape index (κ3) is 4.99. The molecule has 5 heteroatoms. The lowest BCUT2D eigenvalue weighted by atomic mass is 9.86. The van der Waals surface area contributed by atoms with Gasteiger partial charge >= 0.3 is 0 Å². The van der Waals surface area contributed by atoms with Crippen LogP contribution in [0.4, 0.5) is 0 Å². The van der Waals surface area contributed by atoms with Crippen LogP contribution in [-0.4, -0.2) is 53.8 Å². The Morgan fingerprint density at radius 1 is 1.00 bits per heavy atom. The minimum Gasteiger partial charge on any atom is -0.339 e. The van der Waals surface area contributed by atoms with Crippen molar-refractivity contribution >= 4 is 11.8 Å². The van der Waals surface area contributed by atoms with Gasteiger partial charge in [-0.05, 0) is 25.7 Å². The van der Waals surface area contributed by atoms with Crippen LogP contribution >= 0.6 is 0 Å². The van der Waals surface area contributed by atoms with Gasteiger partial charge in [0.15, 0.2) is 0 Å². The van der Waals surface area contributed by atoms with E-state index in [1.165, 1.54) is 32.1 Å². The number of hydrogen-bond donors (Lipinski definition) is 1. The Kier molecular flexibility index (Phi) is 6.03. The van der Waals surface area contributed by atoms with Crippen LogP contribution in [0.2, 0.25) is 0 Å². The van der Waals surface area contributed by atoms with Gasteiger partial charge in [-0.25, -0.2) is 0 Å². The summed E-state index contributed by atoms with van der Waals surface area (Å²) in [5.41, 5.74) is 5.67. The number of carbonyl (C=O) groups excluding carboxylic acids is 2. The predicted octanol–water partition coefficient (Wildman–Crippen LogP) is 1.36. The average Bonchev–Trinajstić information content (AvgIpc) is 2.47. The molecule has 2 amide bonds. The predicted molar refractivity (Wildman–Crippen MR) is 82.6 cm³/mol. The Balaban J connectivity index is 1.72. The van der Waals surface area contributed by atoms with Crippen molar-refractivity contribution in [1.82, 2.24) is 9.80 Å². The molecule has 0 aromatic rings. The number of piperazine rings is 1. The first-order chi connectivity index (χ1) is 10.1. The molecule has 21 heavy (non-hydrogen) atoms. The second-order valence-corrected chi connectivity index (χ2v) is 6.65. The second-order valence-electron chi connectivity index (χ2n) is 6.65. The van der Waals surface area contributed by atoms with E-state index in [1.54, 1.807) is 0 Å². The summed E-state index contributed by atoms with van der Waals surface area (Å²) in [7, 11) is 0. The van der Waals surface area contributed by atoms with Crippen LogP contribution in [0.3, 0.4) is 0 Å². The van der Waals surface area contributed by atoms with Crippen molar-refractivity contribution in [1.29, 1.82) is 0 Å². The van der Waals surface area contributed by atoms with E-state index in [0.29, 0.717) is 44.9 Å². The van der Waals surface area contributed by atoms with Gasteiger partial charge in [0, 0.05) is 45.1 Å².